The van der Waals surface area contributed by atoms with Crippen molar-refractivity contribution in [2.45, 2.75) is 26.2 Å². The van der Waals surface area contributed by atoms with Gasteiger partial charge in [-0.1, -0.05) is 142 Å². The Morgan fingerprint density at radius 2 is 1.09 bits per heavy atom. The van der Waals surface area contributed by atoms with E-state index in [0.29, 0.717) is 17.2 Å². The first kappa shape index (κ1) is 24.6. The normalized spacial score (nSPS) is 15.0. The summed E-state index contributed by atoms with van der Waals surface area (Å²) in [4.78, 5) is 0. The molecule has 0 amide bonds. The van der Waals surface area contributed by atoms with Gasteiger partial charge in [-0.25, -0.2) is 0 Å². The van der Waals surface area contributed by atoms with Crippen LogP contribution in [0, 0.1) is 0 Å². The molecule has 4 heterocycles. The molecule has 10 aromatic rings. The molecule has 2 aromatic heterocycles. The van der Waals surface area contributed by atoms with E-state index in [1.807, 2.05) is 24.3 Å². The van der Waals surface area contributed by atoms with Crippen molar-refractivity contribution in [3.63, 3.8) is 0 Å². The number of benzene rings is 8. The number of ether oxygens (including phenoxy) is 1. The van der Waals surface area contributed by atoms with E-state index in [4.69, 9.17) is 15.7 Å². The number of hydrogen-bond acceptors (Lipinski definition) is 1. The number of hydrogen-bond donors (Lipinski definition) is 0. The zero-order chi connectivity index (χ0) is 44.2. The predicted molar refractivity (Wildman–Crippen MR) is 238 cm³/mol. The van der Waals surface area contributed by atoms with Gasteiger partial charge >= 0.3 is 0 Å². The summed E-state index contributed by atoms with van der Waals surface area (Å²) in [5, 5.41) is 6.74. The second kappa shape index (κ2) is 11.4. The molecule has 56 heavy (non-hydrogen) atoms. The van der Waals surface area contributed by atoms with Crippen LogP contribution in [0.2, 0.25) is 0 Å². The summed E-state index contributed by atoms with van der Waals surface area (Å²) in [7, 11) is 0. The van der Waals surface area contributed by atoms with Crippen molar-refractivity contribution in [3.8, 4) is 22.9 Å². The summed E-state index contributed by atoms with van der Waals surface area (Å²) in [5.41, 5.74) is 7.71. The molecule has 0 fully saturated rings. The SMILES string of the molecule is [2H]c1c([2H])c([2H])c2c(c1[2H])c1c([2H])c([2H])c([2H])c([2H])c1n2-c1ccc2c(c1)Oc1ccc3c4ccccc4c4ccccc4c4ccccc4n4c3c1B2c1ccc(C(C)(C)C)cc1-4. The van der Waals surface area contributed by atoms with Crippen LogP contribution in [0.4, 0.5) is 0 Å². The Morgan fingerprint density at radius 1 is 0.500 bits per heavy atom. The summed E-state index contributed by atoms with van der Waals surface area (Å²) in [6.45, 7) is 6.40. The maximum absolute atomic E-state index is 9.11. The van der Waals surface area contributed by atoms with E-state index in [1.54, 1.807) is 4.57 Å². The molecule has 0 bridgehead atoms. The maximum atomic E-state index is 9.11. The van der Waals surface area contributed by atoms with Gasteiger partial charge in [-0.3, -0.25) is 0 Å². The highest BCUT2D eigenvalue weighted by molar-refractivity contribution is 6.99. The zero-order valence-corrected chi connectivity index (χ0v) is 30.9. The molecule has 0 radical (unpaired) electrons. The number of nitrogens with zero attached hydrogens (tertiary/aromatic N) is 2. The molecule has 3 nitrogen and oxygen atoms in total. The average Bonchev–Trinajstić information content (AvgIpc) is 3.68. The van der Waals surface area contributed by atoms with Gasteiger partial charge in [0, 0.05) is 39.0 Å². The van der Waals surface area contributed by atoms with Gasteiger partial charge in [0.05, 0.1) is 33.0 Å². The minimum atomic E-state index is -0.478. The molecule has 8 aromatic carbocycles. The fourth-order valence-corrected chi connectivity index (χ4v) is 9.30. The Hall–Kier alpha value is -6.78. The van der Waals surface area contributed by atoms with Crippen LogP contribution >= 0.6 is 0 Å². The standard InChI is InChI=1S/C52H37BN2O/c1-52(2,3)32-24-27-42-47(30-32)55-46-23-13-8-18-38(46)36-16-6-4-14-34(36)35-15-5-7-17-37(35)41-26-29-48-50(51(41)55)53(42)43-28-25-33(31-49(43)56-48)54-44-21-11-9-19-39(44)40-20-10-12-22-45(40)54/h4-31H,1-3H3/i9D,10D,11D,12D,19D,20D,21D,22D. The van der Waals surface area contributed by atoms with E-state index >= 15 is 0 Å². The van der Waals surface area contributed by atoms with Gasteiger partial charge < -0.3 is 13.9 Å². The van der Waals surface area contributed by atoms with Crippen molar-refractivity contribution in [2.24, 2.45) is 0 Å². The van der Waals surface area contributed by atoms with E-state index in [2.05, 4.69) is 122 Å². The quantitative estimate of drug-likeness (QED) is 0.154. The van der Waals surface area contributed by atoms with E-state index in [0.717, 1.165) is 65.4 Å². The van der Waals surface area contributed by atoms with E-state index in [9.17, 15) is 0 Å². The Labute approximate surface area is 336 Å². The largest absolute Gasteiger partial charge is 0.458 e. The summed E-state index contributed by atoms with van der Waals surface area (Å²) in [6.07, 6.45) is 0. The predicted octanol–water partition coefficient (Wildman–Crippen LogP) is 11.5. The molecular formula is C52H37BN2O. The summed E-state index contributed by atoms with van der Waals surface area (Å²) < 4.78 is 81.5. The summed E-state index contributed by atoms with van der Waals surface area (Å²) >= 11 is 0. The number of aromatic nitrogens is 2. The highest BCUT2D eigenvalue weighted by atomic mass is 16.5. The Kier molecular flexibility index (Phi) is 5.00. The zero-order valence-electron chi connectivity index (χ0n) is 38.9. The third-order valence-corrected chi connectivity index (χ3v) is 11.8. The highest BCUT2D eigenvalue weighted by Crippen LogP contribution is 2.40. The molecule has 0 spiro atoms. The maximum Gasteiger partial charge on any atom is 0.256 e. The molecular weight excluding hydrogens is 679 g/mol. The Bertz CT molecular complexity index is 3790. The molecule has 0 aliphatic carbocycles. The topological polar surface area (TPSA) is 19.1 Å². The highest BCUT2D eigenvalue weighted by Gasteiger charge is 2.40. The lowest BCUT2D eigenvalue weighted by atomic mass is 9.34. The van der Waals surface area contributed by atoms with Crippen molar-refractivity contribution in [1.29, 1.82) is 0 Å². The van der Waals surface area contributed by atoms with Crippen LogP contribution in [0.1, 0.15) is 37.3 Å². The van der Waals surface area contributed by atoms with Crippen molar-refractivity contribution in [2.75, 3.05) is 0 Å². The van der Waals surface area contributed by atoms with Gasteiger partial charge in [0.15, 0.2) is 0 Å². The Morgan fingerprint density at radius 3 is 1.77 bits per heavy atom. The minimum absolute atomic E-state index is 0.0326. The smallest absolute Gasteiger partial charge is 0.256 e. The molecule has 0 saturated carbocycles. The van der Waals surface area contributed by atoms with Crippen LogP contribution in [0.5, 0.6) is 11.5 Å². The number of rotatable bonds is 1. The van der Waals surface area contributed by atoms with Crippen LogP contribution in [-0.2, 0) is 5.41 Å². The molecule has 4 heteroatoms. The Balaban J connectivity index is 1.24. The molecule has 0 atom stereocenters. The van der Waals surface area contributed by atoms with Gasteiger partial charge in [-0.05, 0) is 91.3 Å². The third-order valence-electron chi connectivity index (χ3n) is 11.8. The fraction of sp³-hybridized carbons (Fsp3) is 0.0769. The number of para-hydroxylation sites is 3. The van der Waals surface area contributed by atoms with Gasteiger partial charge in [0.25, 0.3) is 6.71 Å². The molecule has 0 N–H and O–H groups in total. The van der Waals surface area contributed by atoms with Crippen molar-refractivity contribution in [1.82, 2.24) is 9.13 Å². The monoisotopic (exact) mass is 724 g/mol. The first-order valence-electron chi connectivity index (χ1n) is 23.0. The van der Waals surface area contributed by atoms with Crippen LogP contribution in [0.25, 0.3) is 76.5 Å². The van der Waals surface area contributed by atoms with E-state index in [1.165, 1.54) is 5.56 Å². The van der Waals surface area contributed by atoms with Crippen LogP contribution in [0.3, 0.4) is 0 Å². The molecule has 264 valence electrons. The van der Waals surface area contributed by atoms with Crippen LogP contribution in [-0.4, -0.2) is 15.8 Å². The van der Waals surface area contributed by atoms with Crippen LogP contribution < -0.4 is 21.1 Å². The number of fused-ring (bicyclic) bond motifs is 15. The lowest BCUT2D eigenvalue weighted by Crippen LogP contribution is -2.58. The van der Waals surface area contributed by atoms with Crippen LogP contribution in [0.15, 0.2) is 170 Å². The minimum Gasteiger partial charge on any atom is -0.458 e. The average molecular weight is 725 g/mol. The van der Waals surface area contributed by atoms with E-state index in [-0.39, 0.29) is 58.1 Å². The lowest BCUT2D eigenvalue weighted by molar-refractivity contribution is 0.487. The second-order valence-electron chi connectivity index (χ2n) is 15.9. The fourth-order valence-electron chi connectivity index (χ4n) is 9.30. The molecule has 2 aliphatic rings. The summed E-state index contributed by atoms with van der Waals surface area (Å²) in [6, 6.07) is 39.2. The van der Waals surface area contributed by atoms with Gasteiger partial charge in [-0.2, -0.15) is 0 Å². The van der Waals surface area contributed by atoms with Gasteiger partial charge in [-0.15, -0.1) is 0 Å². The van der Waals surface area contributed by atoms with E-state index < -0.39 is 24.2 Å². The second-order valence-corrected chi connectivity index (χ2v) is 15.9. The molecule has 0 saturated heterocycles. The third kappa shape index (κ3) is 4.30. The molecule has 12 rings (SSSR count). The molecule has 2 aliphatic heterocycles. The summed E-state index contributed by atoms with van der Waals surface area (Å²) in [5.74, 6) is 1.20. The van der Waals surface area contributed by atoms with Gasteiger partial charge in [0.1, 0.15) is 11.5 Å². The van der Waals surface area contributed by atoms with Crippen molar-refractivity contribution in [3.05, 3.63) is 175 Å². The lowest BCUT2D eigenvalue weighted by Gasteiger charge is -2.35. The van der Waals surface area contributed by atoms with Gasteiger partial charge in [0.2, 0.25) is 0 Å². The molecule has 0 unspecified atom stereocenters. The first-order valence-corrected chi connectivity index (χ1v) is 19.0. The van der Waals surface area contributed by atoms with Crippen molar-refractivity contribution < 1.29 is 15.7 Å². The van der Waals surface area contributed by atoms with Crippen molar-refractivity contribution >= 4 is 88.3 Å². The first-order chi connectivity index (χ1) is 30.8.